The second kappa shape index (κ2) is 5.00. The van der Waals surface area contributed by atoms with Gasteiger partial charge in [-0.05, 0) is 25.7 Å². The van der Waals surface area contributed by atoms with Crippen molar-refractivity contribution in [1.29, 1.82) is 0 Å². The zero-order chi connectivity index (χ0) is 12.7. The summed E-state index contributed by atoms with van der Waals surface area (Å²) in [6.07, 6.45) is 4.98. The summed E-state index contributed by atoms with van der Waals surface area (Å²) in [5.74, 6) is 0. The molecule has 0 unspecified atom stereocenters. The fraction of sp³-hybridized carbons (Fsp3) is 0.846. The van der Waals surface area contributed by atoms with Gasteiger partial charge in [-0.2, -0.15) is 0 Å². The van der Waals surface area contributed by atoms with Crippen LogP contribution in [0.3, 0.4) is 0 Å². The van der Waals surface area contributed by atoms with Crippen LogP contribution in [-0.2, 0) is 4.74 Å². The van der Waals surface area contributed by atoms with Gasteiger partial charge >= 0.3 is 0 Å². The summed E-state index contributed by atoms with van der Waals surface area (Å²) in [4.78, 5) is 5.25. The SMILES string of the molecule is c1nnc(N2CC[C@H]3[C@H]2CCN3C2CCOCC2)s1. The van der Waals surface area contributed by atoms with E-state index in [0.29, 0.717) is 6.04 Å². The largest absolute Gasteiger partial charge is 0.381 e. The summed E-state index contributed by atoms with van der Waals surface area (Å²) in [5.41, 5.74) is 1.84. The maximum atomic E-state index is 5.50. The summed E-state index contributed by atoms with van der Waals surface area (Å²) in [5, 5.41) is 9.35. The number of aromatic nitrogens is 2. The molecule has 6 heteroatoms. The molecule has 0 aliphatic carbocycles. The second-order valence-corrected chi connectivity index (χ2v) is 6.52. The molecule has 0 radical (unpaired) electrons. The first-order valence-corrected chi connectivity index (χ1v) is 8.18. The molecule has 4 rings (SSSR count). The molecule has 3 fully saturated rings. The summed E-state index contributed by atoms with van der Waals surface area (Å²) in [6.45, 7) is 4.27. The summed E-state index contributed by atoms with van der Waals surface area (Å²) in [6, 6.07) is 2.14. The summed E-state index contributed by atoms with van der Waals surface area (Å²) < 4.78 is 5.50. The van der Waals surface area contributed by atoms with Crippen LogP contribution < -0.4 is 4.90 Å². The molecule has 0 bridgehead atoms. The summed E-state index contributed by atoms with van der Waals surface area (Å²) in [7, 11) is 0. The first-order valence-electron chi connectivity index (χ1n) is 7.30. The van der Waals surface area contributed by atoms with Gasteiger partial charge in [-0.25, -0.2) is 0 Å². The van der Waals surface area contributed by atoms with Crippen molar-refractivity contribution in [1.82, 2.24) is 15.1 Å². The van der Waals surface area contributed by atoms with E-state index in [-0.39, 0.29) is 0 Å². The normalized spacial score (nSPS) is 32.9. The van der Waals surface area contributed by atoms with Gasteiger partial charge in [-0.15, -0.1) is 10.2 Å². The van der Waals surface area contributed by atoms with Gasteiger partial charge in [-0.3, -0.25) is 4.90 Å². The minimum atomic E-state index is 0.663. The molecule has 3 saturated heterocycles. The highest BCUT2D eigenvalue weighted by molar-refractivity contribution is 7.13. The molecule has 0 aromatic carbocycles. The molecule has 0 N–H and O–H groups in total. The first-order chi connectivity index (χ1) is 9.43. The third-order valence-corrected chi connectivity index (χ3v) is 5.60. The van der Waals surface area contributed by atoms with Gasteiger partial charge in [0.05, 0.1) is 0 Å². The second-order valence-electron chi connectivity index (χ2n) is 5.71. The topological polar surface area (TPSA) is 41.5 Å². The Morgan fingerprint density at radius 3 is 2.74 bits per heavy atom. The molecule has 3 aliphatic heterocycles. The molecule has 0 saturated carbocycles. The molecule has 4 heterocycles. The van der Waals surface area contributed by atoms with E-state index >= 15 is 0 Å². The minimum Gasteiger partial charge on any atom is -0.381 e. The fourth-order valence-corrected chi connectivity index (χ4v) is 4.66. The van der Waals surface area contributed by atoms with Crippen LogP contribution in [0.1, 0.15) is 25.7 Å². The Bertz CT molecular complexity index is 420. The Morgan fingerprint density at radius 2 is 1.95 bits per heavy atom. The van der Waals surface area contributed by atoms with Crippen LogP contribution in [0.25, 0.3) is 0 Å². The van der Waals surface area contributed by atoms with Crippen LogP contribution in [0.2, 0.25) is 0 Å². The van der Waals surface area contributed by atoms with E-state index in [4.69, 9.17) is 4.74 Å². The molecule has 104 valence electrons. The quantitative estimate of drug-likeness (QED) is 0.818. The average molecular weight is 280 g/mol. The van der Waals surface area contributed by atoms with Crippen molar-refractivity contribution in [3.8, 4) is 0 Å². The van der Waals surface area contributed by atoms with E-state index < -0.39 is 0 Å². The van der Waals surface area contributed by atoms with Crippen molar-refractivity contribution >= 4 is 16.5 Å². The van der Waals surface area contributed by atoms with E-state index in [1.807, 2.05) is 5.51 Å². The molecule has 2 atom stereocenters. The zero-order valence-electron chi connectivity index (χ0n) is 11.1. The van der Waals surface area contributed by atoms with E-state index in [9.17, 15) is 0 Å². The number of nitrogens with zero attached hydrogens (tertiary/aromatic N) is 4. The van der Waals surface area contributed by atoms with Crippen LogP contribution >= 0.6 is 11.3 Å². The lowest BCUT2D eigenvalue weighted by Gasteiger charge is -2.35. The maximum absolute atomic E-state index is 5.50. The third-order valence-electron chi connectivity index (χ3n) is 4.87. The van der Waals surface area contributed by atoms with Gasteiger partial charge in [0, 0.05) is 44.4 Å². The fourth-order valence-electron chi connectivity index (χ4n) is 4.02. The number of hydrogen-bond acceptors (Lipinski definition) is 6. The monoisotopic (exact) mass is 280 g/mol. The van der Waals surface area contributed by atoms with Crippen LogP contribution in [0.15, 0.2) is 5.51 Å². The Morgan fingerprint density at radius 1 is 1.11 bits per heavy atom. The maximum Gasteiger partial charge on any atom is 0.208 e. The van der Waals surface area contributed by atoms with E-state index in [1.54, 1.807) is 11.3 Å². The van der Waals surface area contributed by atoms with Crippen LogP contribution in [0.4, 0.5) is 5.13 Å². The number of anilines is 1. The molecule has 0 amide bonds. The van der Waals surface area contributed by atoms with Crippen LogP contribution in [-0.4, -0.2) is 59.5 Å². The van der Waals surface area contributed by atoms with Crippen molar-refractivity contribution in [2.75, 3.05) is 31.2 Å². The number of rotatable bonds is 2. The number of fused-ring (bicyclic) bond motifs is 1. The Hall–Kier alpha value is -0.720. The lowest BCUT2D eigenvalue weighted by atomic mass is 10.0. The standard InChI is InChI=1S/C13H20N4OS/c1-5-16(10-3-7-18-8-4-10)11-2-6-17(12(1)11)13-15-14-9-19-13/h9-12H,1-8H2/t11-,12+/m0/s1. The van der Waals surface area contributed by atoms with E-state index in [0.717, 1.165) is 37.0 Å². The molecule has 0 spiro atoms. The Labute approximate surface area is 117 Å². The average Bonchev–Trinajstić information content (AvgIpc) is 3.16. The van der Waals surface area contributed by atoms with Crippen molar-refractivity contribution < 1.29 is 4.74 Å². The van der Waals surface area contributed by atoms with Gasteiger partial charge in [0.1, 0.15) is 5.51 Å². The predicted molar refractivity (Wildman–Crippen MR) is 74.6 cm³/mol. The molecule has 3 aliphatic rings. The molecule has 1 aromatic heterocycles. The van der Waals surface area contributed by atoms with Crippen molar-refractivity contribution in [2.24, 2.45) is 0 Å². The van der Waals surface area contributed by atoms with Crippen LogP contribution in [0, 0.1) is 0 Å². The first kappa shape index (κ1) is 12.1. The highest BCUT2D eigenvalue weighted by Gasteiger charge is 2.45. The highest BCUT2D eigenvalue weighted by atomic mass is 32.1. The lowest BCUT2D eigenvalue weighted by molar-refractivity contribution is 0.0297. The molecular formula is C13H20N4OS. The van der Waals surface area contributed by atoms with Crippen molar-refractivity contribution in [3.63, 3.8) is 0 Å². The van der Waals surface area contributed by atoms with E-state index in [2.05, 4.69) is 20.0 Å². The number of ether oxygens (including phenoxy) is 1. The predicted octanol–water partition coefficient (Wildman–Crippen LogP) is 1.37. The van der Waals surface area contributed by atoms with Gasteiger partial charge in [0.15, 0.2) is 0 Å². The molecule has 1 aromatic rings. The highest BCUT2D eigenvalue weighted by Crippen LogP contribution is 2.37. The zero-order valence-corrected chi connectivity index (χ0v) is 11.9. The van der Waals surface area contributed by atoms with Gasteiger partial charge in [-0.1, -0.05) is 11.3 Å². The molecule has 19 heavy (non-hydrogen) atoms. The van der Waals surface area contributed by atoms with Gasteiger partial charge < -0.3 is 9.64 Å². The van der Waals surface area contributed by atoms with Gasteiger partial charge in [0.25, 0.3) is 0 Å². The molecular weight excluding hydrogens is 260 g/mol. The molecule has 5 nitrogen and oxygen atoms in total. The summed E-state index contributed by atoms with van der Waals surface area (Å²) >= 11 is 1.67. The Kier molecular flexibility index (Phi) is 3.17. The smallest absolute Gasteiger partial charge is 0.208 e. The lowest BCUT2D eigenvalue weighted by Crippen LogP contribution is -2.44. The van der Waals surface area contributed by atoms with Crippen molar-refractivity contribution in [2.45, 2.75) is 43.8 Å². The number of hydrogen-bond donors (Lipinski definition) is 0. The van der Waals surface area contributed by atoms with Crippen molar-refractivity contribution in [3.05, 3.63) is 5.51 Å². The third kappa shape index (κ3) is 2.06. The van der Waals surface area contributed by atoms with Gasteiger partial charge in [0.2, 0.25) is 5.13 Å². The van der Waals surface area contributed by atoms with E-state index in [1.165, 1.54) is 32.2 Å². The number of likely N-dealkylation sites (tertiary alicyclic amines) is 1. The minimum absolute atomic E-state index is 0.663. The van der Waals surface area contributed by atoms with Crippen LogP contribution in [0.5, 0.6) is 0 Å². The Balaban J connectivity index is 1.49.